The molecule has 0 radical (unpaired) electrons. The second-order valence-corrected chi connectivity index (χ2v) is 11.6. The van der Waals surface area contributed by atoms with Crippen LogP contribution in [0.2, 0.25) is 0 Å². The monoisotopic (exact) mass is 494 g/mol. The average molecular weight is 495 g/mol. The molecule has 3 aromatic rings. The summed E-state index contributed by atoms with van der Waals surface area (Å²) in [5.74, 6) is 2.82. The van der Waals surface area contributed by atoms with E-state index in [0.717, 1.165) is 15.7 Å². The van der Waals surface area contributed by atoms with Gasteiger partial charge in [0.1, 0.15) is 18.0 Å². The van der Waals surface area contributed by atoms with Gasteiger partial charge >= 0.3 is 4.87 Å². The summed E-state index contributed by atoms with van der Waals surface area (Å²) in [5, 5.41) is 13.8. The highest BCUT2D eigenvalue weighted by Crippen LogP contribution is 2.64. The molecule has 1 aromatic heterocycles. The fraction of sp³-hybridized carbons (Fsp3) is 0.385. The van der Waals surface area contributed by atoms with Crippen LogP contribution in [0.5, 0.6) is 11.5 Å². The molecule has 6 nitrogen and oxygen atoms in total. The standard InChI is InChI=1S/C26H26N2O4S2/c1-32-19-10-4-14(5-11-19)21-22-15-2-3-16(12-15)23(22)33-25-24(21)34-26(31)28(25)13-20(30)27-17-6-8-18(29)9-7-17/h4-11,15-16,21-23,29H,2-3,12-13H2,1H3,(H,27,30)/t15?,16?,21-,22?,23?/m1/s1. The number of carbonyl (C=O) groups excluding carboxylic acids is 1. The van der Waals surface area contributed by atoms with E-state index in [1.54, 1.807) is 23.8 Å². The van der Waals surface area contributed by atoms with Crippen LogP contribution in [0.1, 0.15) is 35.6 Å². The molecule has 34 heavy (non-hydrogen) atoms. The summed E-state index contributed by atoms with van der Waals surface area (Å²) in [6, 6.07) is 14.6. The lowest BCUT2D eigenvalue weighted by atomic mass is 9.75. The number of methoxy groups -OCH3 is 1. The third-order valence-corrected chi connectivity index (χ3v) is 10.4. The van der Waals surface area contributed by atoms with Gasteiger partial charge in [-0.1, -0.05) is 23.5 Å². The zero-order valence-electron chi connectivity index (χ0n) is 18.8. The van der Waals surface area contributed by atoms with Crippen LogP contribution in [0.15, 0.2) is 58.4 Å². The molecule has 0 spiro atoms. The zero-order valence-corrected chi connectivity index (χ0v) is 20.4. The number of benzene rings is 2. The predicted octanol–water partition coefficient (Wildman–Crippen LogP) is 4.92. The van der Waals surface area contributed by atoms with Crippen molar-refractivity contribution in [1.82, 2.24) is 4.57 Å². The van der Waals surface area contributed by atoms with Gasteiger partial charge < -0.3 is 15.2 Å². The van der Waals surface area contributed by atoms with E-state index in [-0.39, 0.29) is 29.0 Å². The highest BCUT2D eigenvalue weighted by atomic mass is 32.2. The Balaban J connectivity index is 1.35. The number of phenols is 1. The van der Waals surface area contributed by atoms with Gasteiger partial charge in [0.2, 0.25) is 5.91 Å². The molecule has 5 atom stereocenters. The number of nitrogens with zero attached hydrogens (tertiary/aromatic N) is 1. The van der Waals surface area contributed by atoms with Gasteiger partial charge in [0.25, 0.3) is 0 Å². The van der Waals surface area contributed by atoms with Crippen LogP contribution < -0.4 is 14.9 Å². The number of aromatic hydroxyl groups is 1. The van der Waals surface area contributed by atoms with Crippen molar-refractivity contribution in [3.63, 3.8) is 0 Å². The van der Waals surface area contributed by atoms with Gasteiger partial charge in [-0.15, -0.1) is 11.8 Å². The number of hydrogen-bond acceptors (Lipinski definition) is 6. The van der Waals surface area contributed by atoms with Crippen LogP contribution in [0, 0.1) is 17.8 Å². The Morgan fingerprint density at radius 2 is 1.85 bits per heavy atom. The van der Waals surface area contributed by atoms with Gasteiger partial charge in [-0.05, 0) is 79.0 Å². The molecular formula is C26H26N2O4S2. The number of ether oxygens (including phenoxy) is 1. The van der Waals surface area contributed by atoms with E-state index in [2.05, 4.69) is 17.4 Å². The molecule has 2 fully saturated rings. The molecule has 1 aliphatic heterocycles. The lowest BCUT2D eigenvalue weighted by molar-refractivity contribution is -0.116. The number of phenolic OH excluding ortho intramolecular Hbond substituents is 1. The average Bonchev–Trinajstić information content (AvgIpc) is 3.54. The molecule has 0 saturated heterocycles. The van der Waals surface area contributed by atoms with Crippen molar-refractivity contribution in [3.05, 3.63) is 68.6 Å². The molecule has 3 aliphatic rings. The molecule has 6 rings (SSSR count). The smallest absolute Gasteiger partial charge is 0.308 e. The minimum absolute atomic E-state index is 0.0145. The molecule has 2 N–H and O–H groups in total. The normalized spacial score (nSPS) is 26.7. The molecule has 2 aliphatic carbocycles. The predicted molar refractivity (Wildman–Crippen MR) is 134 cm³/mol. The van der Waals surface area contributed by atoms with E-state index < -0.39 is 0 Å². The lowest BCUT2D eigenvalue weighted by Crippen LogP contribution is -2.34. The number of carbonyl (C=O) groups is 1. The fourth-order valence-electron chi connectivity index (χ4n) is 6.16. The molecule has 2 heterocycles. The minimum Gasteiger partial charge on any atom is -0.508 e. The van der Waals surface area contributed by atoms with Gasteiger partial charge in [-0.2, -0.15) is 0 Å². The summed E-state index contributed by atoms with van der Waals surface area (Å²) in [6.45, 7) is -0.0145. The number of hydrogen-bond donors (Lipinski definition) is 2. The highest BCUT2D eigenvalue weighted by Gasteiger charge is 2.55. The number of amides is 1. The Hall–Kier alpha value is -2.71. The summed E-state index contributed by atoms with van der Waals surface area (Å²) in [6.07, 6.45) is 3.81. The van der Waals surface area contributed by atoms with E-state index in [4.69, 9.17) is 4.74 Å². The second kappa shape index (κ2) is 8.50. The Bertz CT molecular complexity index is 1280. The molecule has 176 valence electrons. The molecular weight excluding hydrogens is 468 g/mol. The fourth-order valence-corrected chi connectivity index (χ4v) is 9.31. The van der Waals surface area contributed by atoms with Crippen molar-refractivity contribution < 1.29 is 14.6 Å². The van der Waals surface area contributed by atoms with Gasteiger partial charge in [-0.3, -0.25) is 14.2 Å². The minimum atomic E-state index is -0.245. The Labute approximate surface area is 206 Å². The van der Waals surface area contributed by atoms with Crippen molar-refractivity contribution in [2.75, 3.05) is 12.4 Å². The number of aromatic nitrogens is 1. The maximum absolute atomic E-state index is 13.1. The Kier molecular flexibility index (Phi) is 5.45. The van der Waals surface area contributed by atoms with E-state index in [9.17, 15) is 14.7 Å². The summed E-state index contributed by atoms with van der Waals surface area (Å²) in [7, 11) is 1.67. The maximum Gasteiger partial charge on any atom is 0.308 e. The van der Waals surface area contributed by atoms with E-state index in [0.29, 0.717) is 28.7 Å². The zero-order chi connectivity index (χ0) is 23.4. The quantitative estimate of drug-likeness (QED) is 0.493. The van der Waals surface area contributed by atoms with E-state index >= 15 is 0 Å². The van der Waals surface area contributed by atoms with Crippen LogP contribution in [-0.2, 0) is 11.3 Å². The first-order chi connectivity index (χ1) is 16.5. The van der Waals surface area contributed by atoms with Crippen molar-refractivity contribution in [2.45, 2.75) is 42.0 Å². The molecule has 2 aromatic carbocycles. The number of anilines is 1. The van der Waals surface area contributed by atoms with E-state index in [1.807, 2.05) is 23.9 Å². The van der Waals surface area contributed by atoms with Crippen LogP contribution in [0.3, 0.4) is 0 Å². The molecule has 2 saturated carbocycles. The maximum atomic E-state index is 13.1. The summed E-state index contributed by atoms with van der Waals surface area (Å²) in [5.41, 5.74) is 1.82. The molecule has 1 amide bonds. The van der Waals surface area contributed by atoms with E-state index in [1.165, 1.54) is 48.3 Å². The summed E-state index contributed by atoms with van der Waals surface area (Å²) in [4.78, 5) is 27.0. The third-order valence-electron chi connectivity index (χ3n) is 7.62. The second-order valence-electron chi connectivity index (χ2n) is 9.46. The first-order valence-corrected chi connectivity index (χ1v) is 13.3. The van der Waals surface area contributed by atoms with Gasteiger partial charge in [-0.25, -0.2) is 0 Å². The highest BCUT2D eigenvalue weighted by molar-refractivity contribution is 8.00. The number of fused-ring (bicyclic) bond motifs is 6. The van der Waals surface area contributed by atoms with Gasteiger partial charge in [0.05, 0.1) is 12.1 Å². The number of thioether (sulfide) groups is 1. The van der Waals surface area contributed by atoms with Crippen LogP contribution >= 0.6 is 23.1 Å². The third kappa shape index (κ3) is 3.64. The van der Waals surface area contributed by atoms with Crippen molar-refractivity contribution in [1.29, 1.82) is 0 Å². The van der Waals surface area contributed by atoms with Crippen LogP contribution in [-0.4, -0.2) is 27.9 Å². The summed E-state index contributed by atoms with van der Waals surface area (Å²) < 4.78 is 7.04. The molecule has 8 heteroatoms. The van der Waals surface area contributed by atoms with Crippen molar-refractivity contribution in [3.8, 4) is 11.5 Å². The first-order valence-electron chi connectivity index (χ1n) is 11.6. The van der Waals surface area contributed by atoms with Gasteiger partial charge in [0.15, 0.2) is 0 Å². The largest absolute Gasteiger partial charge is 0.508 e. The van der Waals surface area contributed by atoms with Crippen molar-refractivity contribution in [2.24, 2.45) is 17.8 Å². The van der Waals surface area contributed by atoms with Crippen molar-refractivity contribution >= 4 is 34.7 Å². The molecule has 4 unspecified atom stereocenters. The van der Waals surface area contributed by atoms with Crippen LogP contribution in [0.4, 0.5) is 5.69 Å². The molecule has 2 bridgehead atoms. The lowest BCUT2D eigenvalue weighted by Gasteiger charge is -2.40. The first kappa shape index (κ1) is 21.8. The van der Waals surface area contributed by atoms with Crippen LogP contribution in [0.25, 0.3) is 0 Å². The van der Waals surface area contributed by atoms with Gasteiger partial charge in [0, 0.05) is 21.7 Å². The Morgan fingerprint density at radius 3 is 2.59 bits per heavy atom. The Morgan fingerprint density at radius 1 is 1.12 bits per heavy atom. The summed E-state index contributed by atoms with van der Waals surface area (Å²) >= 11 is 3.13. The number of rotatable bonds is 5. The SMILES string of the molecule is COc1ccc([C@H]2c3sc(=O)n(CC(=O)Nc4ccc(O)cc4)c3SC3C4CCC(C4)C32)cc1. The number of nitrogens with one attached hydrogen (secondary N) is 1. The number of thiazole rings is 1. The topological polar surface area (TPSA) is 80.6 Å².